The van der Waals surface area contributed by atoms with E-state index < -0.39 is 11.7 Å². The van der Waals surface area contributed by atoms with Gasteiger partial charge in [0.1, 0.15) is 5.82 Å². The molecule has 1 unspecified atom stereocenters. The zero-order valence-corrected chi connectivity index (χ0v) is 14.3. The van der Waals surface area contributed by atoms with Crippen molar-refractivity contribution in [3.63, 3.8) is 0 Å². The van der Waals surface area contributed by atoms with Crippen LogP contribution in [-0.4, -0.2) is 18.4 Å². The predicted molar refractivity (Wildman–Crippen MR) is 99.2 cm³/mol. The summed E-state index contributed by atoms with van der Waals surface area (Å²) < 4.78 is 13.6. The molecule has 0 heterocycles. The van der Waals surface area contributed by atoms with Gasteiger partial charge in [0.15, 0.2) is 0 Å². The van der Waals surface area contributed by atoms with Crippen LogP contribution in [0.15, 0.2) is 66.7 Å². The van der Waals surface area contributed by atoms with Crippen LogP contribution in [0.2, 0.25) is 0 Å². The highest BCUT2D eigenvalue weighted by atomic mass is 19.1. The summed E-state index contributed by atoms with van der Waals surface area (Å²) >= 11 is 0. The summed E-state index contributed by atoms with van der Waals surface area (Å²) in [5, 5.41) is 7.50. The Morgan fingerprint density at radius 1 is 0.962 bits per heavy atom. The van der Waals surface area contributed by atoms with Crippen LogP contribution in [0.25, 0.3) is 10.8 Å². The van der Waals surface area contributed by atoms with Crippen molar-refractivity contribution in [2.24, 2.45) is 0 Å². The molecule has 3 rings (SSSR count). The third-order valence-electron chi connectivity index (χ3n) is 4.18. The number of amides is 2. The molecule has 0 saturated heterocycles. The number of carbonyl (C=O) groups is 2. The molecule has 0 spiro atoms. The van der Waals surface area contributed by atoms with Crippen LogP contribution in [0.4, 0.5) is 4.39 Å². The van der Waals surface area contributed by atoms with Gasteiger partial charge in [-0.3, -0.25) is 9.59 Å². The number of carbonyl (C=O) groups excluding carboxylic acids is 2. The van der Waals surface area contributed by atoms with Gasteiger partial charge in [-0.25, -0.2) is 4.39 Å². The number of hydrogen-bond acceptors (Lipinski definition) is 2. The lowest BCUT2D eigenvalue weighted by atomic mass is 10.0. The smallest absolute Gasteiger partial charge is 0.254 e. The van der Waals surface area contributed by atoms with Gasteiger partial charge in [0.25, 0.3) is 5.91 Å². The molecule has 4 nitrogen and oxygen atoms in total. The maximum Gasteiger partial charge on any atom is 0.254 e. The van der Waals surface area contributed by atoms with Crippen molar-refractivity contribution in [3.05, 3.63) is 83.7 Å². The van der Waals surface area contributed by atoms with Gasteiger partial charge < -0.3 is 10.6 Å². The molecule has 0 bridgehead atoms. The van der Waals surface area contributed by atoms with Crippen molar-refractivity contribution in [2.75, 3.05) is 6.54 Å². The van der Waals surface area contributed by atoms with Crippen LogP contribution in [0.5, 0.6) is 0 Å². The van der Waals surface area contributed by atoms with Gasteiger partial charge in [-0.2, -0.15) is 0 Å². The van der Waals surface area contributed by atoms with Crippen LogP contribution >= 0.6 is 0 Å². The third-order valence-corrected chi connectivity index (χ3v) is 4.18. The molecule has 3 aromatic carbocycles. The van der Waals surface area contributed by atoms with E-state index in [9.17, 15) is 14.0 Å². The second kappa shape index (κ2) is 7.78. The largest absolute Gasteiger partial charge is 0.348 e. The standard InChI is InChI=1S/C21H19FN2O2/c1-14(16-11-10-15-6-2-3-7-17(15)12-16)24-20(25)13-23-21(26)18-8-4-5-9-19(18)22/h2-12,14H,13H2,1H3,(H,23,26)(H,24,25). The lowest BCUT2D eigenvalue weighted by Gasteiger charge is -2.15. The fraction of sp³-hybridized carbons (Fsp3) is 0.143. The highest BCUT2D eigenvalue weighted by molar-refractivity contribution is 5.96. The minimum Gasteiger partial charge on any atom is -0.348 e. The Balaban J connectivity index is 1.58. The van der Waals surface area contributed by atoms with E-state index in [-0.39, 0.29) is 24.1 Å². The Morgan fingerprint density at radius 3 is 2.42 bits per heavy atom. The molecule has 0 fully saturated rings. The average molecular weight is 350 g/mol. The van der Waals surface area contributed by atoms with Gasteiger partial charge in [-0.1, -0.05) is 48.5 Å². The van der Waals surface area contributed by atoms with Crippen LogP contribution in [-0.2, 0) is 4.79 Å². The van der Waals surface area contributed by atoms with Crippen molar-refractivity contribution in [3.8, 4) is 0 Å². The van der Waals surface area contributed by atoms with E-state index in [4.69, 9.17) is 0 Å². The van der Waals surface area contributed by atoms with E-state index >= 15 is 0 Å². The summed E-state index contributed by atoms with van der Waals surface area (Å²) in [6, 6.07) is 19.4. The molecule has 3 aromatic rings. The Kier molecular flexibility index (Phi) is 5.27. The van der Waals surface area contributed by atoms with Crippen molar-refractivity contribution in [1.29, 1.82) is 0 Å². The summed E-state index contributed by atoms with van der Waals surface area (Å²) in [7, 11) is 0. The maximum absolute atomic E-state index is 13.6. The Hall–Kier alpha value is -3.21. The van der Waals surface area contributed by atoms with Gasteiger partial charge in [-0.15, -0.1) is 0 Å². The number of halogens is 1. The van der Waals surface area contributed by atoms with Crippen molar-refractivity contribution in [2.45, 2.75) is 13.0 Å². The van der Waals surface area contributed by atoms with Crippen LogP contribution in [0.3, 0.4) is 0 Å². The summed E-state index contributed by atoms with van der Waals surface area (Å²) in [4.78, 5) is 24.0. The summed E-state index contributed by atoms with van der Waals surface area (Å²) in [6.07, 6.45) is 0. The van der Waals surface area contributed by atoms with E-state index in [2.05, 4.69) is 10.6 Å². The van der Waals surface area contributed by atoms with Crippen molar-refractivity contribution < 1.29 is 14.0 Å². The predicted octanol–water partition coefficient (Wildman–Crippen LogP) is 3.59. The quantitative estimate of drug-likeness (QED) is 0.739. The second-order valence-corrected chi connectivity index (χ2v) is 6.06. The zero-order chi connectivity index (χ0) is 18.5. The third kappa shape index (κ3) is 4.06. The molecule has 0 radical (unpaired) electrons. The molecular weight excluding hydrogens is 331 g/mol. The Bertz CT molecular complexity index is 955. The lowest BCUT2D eigenvalue weighted by Crippen LogP contribution is -2.38. The summed E-state index contributed by atoms with van der Waals surface area (Å²) in [5.74, 6) is -1.57. The monoisotopic (exact) mass is 350 g/mol. The molecular formula is C21H19FN2O2. The fourth-order valence-corrected chi connectivity index (χ4v) is 2.75. The van der Waals surface area contributed by atoms with Gasteiger partial charge in [-0.05, 0) is 41.5 Å². The van der Waals surface area contributed by atoms with E-state index in [0.29, 0.717) is 0 Å². The molecule has 1 atom stereocenters. The summed E-state index contributed by atoms with van der Waals surface area (Å²) in [5.41, 5.74) is 0.889. The van der Waals surface area contributed by atoms with Crippen LogP contribution in [0, 0.1) is 5.82 Å². The van der Waals surface area contributed by atoms with E-state index in [1.165, 1.54) is 18.2 Å². The molecule has 132 valence electrons. The highest BCUT2D eigenvalue weighted by Crippen LogP contribution is 2.20. The molecule has 26 heavy (non-hydrogen) atoms. The molecule has 0 aliphatic heterocycles. The lowest BCUT2D eigenvalue weighted by molar-refractivity contribution is -0.120. The molecule has 0 aromatic heterocycles. The number of rotatable bonds is 5. The molecule has 0 aliphatic carbocycles. The first-order valence-electron chi connectivity index (χ1n) is 8.35. The topological polar surface area (TPSA) is 58.2 Å². The maximum atomic E-state index is 13.6. The number of hydrogen-bond donors (Lipinski definition) is 2. The molecule has 2 N–H and O–H groups in total. The SMILES string of the molecule is CC(NC(=O)CNC(=O)c1ccccc1F)c1ccc2ccccc2c1. The van der Waals surface area contributed by atoms with Gasteiger partial charge in [0.05, 0.1) is 18.2 Å². The molecule has 5 heteroatoms. The zero-order valence-electron chi connectivity index (χ0n) is 14.3. The van der Waals surface area contributed by atoms with E-state index in [1.807, 2.05) is 49.4 Å². The van der Waals surface area contributed by atoms with Crippen molar-refractivity contribution >= 4 is 22.6 Å². The summed E-state index contributed by atoms with van der Waals surface area (Å²) in [6.45, 7) is 1.66. The second-order valence-electron chi connectivity index (χ2n) is 6.06. The number of benzene rings is 3. The van der Waals surface area contributed by atoms with Gasteiger partial charge >= 0.3 is 0 Å². The Morgan fingerprint density at radius 2 is 1.65 bits per heavy atom. The minimum absolute atomic E-state index is 0.0807. The number of fused-ring (bicyclic) bond motifs is 1. The molecule has 0 aliphatic rings. The van der Waals surface area contributed by atoms with Crippen molar-refractivity contribution in [1.82, 2.24) is 10.6 Å². The first-order chi connectivity index (χ1) is 12.5. The van der Waals surface area contributed by atoms with Crippen LogP contribution < -0.4 is 10.6 Å². The highest BCUT2D eigenvalue weighted by Gasteiger charge is 2.14. The van der Waals surface area contributed by atoms with Gasteiger partial charge in [0.2, 0.25) is 5.91 Å². The van der Waals surface area contributed by atoms with Crippen LogP contribution in [0.1, 0.15) is 28.9 Å². The Labute approximate surface area is 151 Å². The number of nitrogens with one attached hydrogen (secondary N) is 2. The first-order valence-corrected chi connectivity index (χ1v) is 8.35. The fourth-order valence-electron chi connectivity index (χ4n) is 2.75. The van der Waals surface area contributed by atoms with E-state index in [1.54, 1.807) is 6.07 Å². The van der Waals surface area contributed by atoms with E-state index in [0.717, 1.165) is 16.3 Å². The average Bonchev–Trinajstić information content (AvgIpc) is 2.66. The minimum atomic E-state index is -0.616. The normalized spacial score (nSPS) is 11.8. The molecule has 0 saturated carbocycles. The molecule has 2 amide bonds. The van der Waals surface area contributed by atoms with Gasteiger partial charge in [0, 0.05) is 0 Å². The first kappa shape index (κ1) is 17.6.